The normalized spacial score (nSPS) is 32.8. The second-order valence-electron chi connectivity index (χ2n) is 4.44. The van der Waals surface area contributed by atoms with E-state index >= 15 is 0 Å². The molecule has 68 valence electrons. The van der Waals surface area contributed by atoms with Crippen LogP contribution < -0.4 is 5.73 Å². The van der Waals surface area contributed by atoms with Crippen LogP contribution in [0, 0.1) is 11.3 Å². The number of carbonyl (C=O) groups is 1. The molecule has 2 nitrogen and oxygen atoms in total. The summed E-state index contributed by atoms with van der Waals surface area (Å²) < 4.78 is 0. The molecule has 0 heterocycles. The van der Waals surface area contributed by atoms with E-state index in [4.69, 9.17) is 5.73 Å². The highest BCUT2D eigenvalue weighted by Crippen LogP contribution is 2.60. The van der Waals surface area contributed by atoms with Crippen molar-refractivity contribution in [1.29, 1.82) is 0 Å². The summed E-state index contributed by atoms with van der Waals surface area (Å²) in [4.78, 5) is 11.0. The van der Waals surface area contributed by atoms with Crippen molar-refractivity contribution < 1.29 is 4.79 Å². The fourth-order valence-corrected chi connectivity index (χ4v) is 2.74. The van der Waals surface area contributed by atoms with E-state index in [0.29, 0.717) is 5.41 Å². The van der Waals surface area contributed by atoms with Crippen molar-refractivity contribution in [2.24, 2.45) is 17.1 Å². The van der Waals surface area contributed by atoms with Crippen molar-refractivity contribution in [2.45, 2.75) is 44.9 Å². The minimum atomic E-state index is -0.0584. The van der Waals surface area contributed by atoms with Gasteiger partial charge in [0.1, 0.15) is 0 Å². The summed E-state index contributed by atoms with van der Waals surface area (Å²) in [6.45, 7) is 0. The van der Waals surface area contributed by atoms with Crippen molar-refractivity contribution in [3.63, 3.8) is 0 Å². The lowest BCUT2D eigenvalue weighted by Crippen LogP contribution is -2.18. The summed E-state index contributed by atoms with van der Waals surface area (Å²) in [5, 5.41) is 0. The number of hydrogen-bond acceptors (Lipinski definition) is 1. The standard InChI is InChI=1S/C10H17NO/c11-9(12)8-7-10(8)5-3-1-2-4-6-10/h8H,1-7H2,(H2,11,12). The van der Waals surface area contributed by atoms with Gasteiger partial charge < -0.3 is 5.73 Å². The molecule has 1 spiro atoms. The summed E-state index contributed by atoms with van der Waals surface area (Å²) in [7, 11) is 0. The molecule has 1 amide bonds. The maximum Gasteiger partial charge on any atom is 0.221 e. The van der Waals surface area contributed by atoms with Gasteiger partial charge in [0, 0.05) is 5.92 Å². The van der Waals surface area contributed by atoms with Crippen LogP contribution in [-0.4, -0.2) is 5.91 Å². The molecule has 12 heavy (non-hydrogen) atoms. The van der Waals surface area contributed by atoms with Crippen LogP contribution in [0.4, 0.5) is 0 Å². The van der Waals surface area contributed by atoms with Gasteiger partial charge in [-0.05, 0) is 24.7 Å². The average Bonchev–Trinajstić information content (AvgIpc) is 2.77. The third kappa shape index (κ3) is 1.23. The maximum absolute atomic E-state index is 11.0. The number of hydrogen-bond donors (Lipinski definition) is 1. The summed E-state index contributed by atoms with van der Waals surface area (Å²) >= 11 is 0. The first-order chi connectivity index (χ1) is 5.75. The van der Waals surface area contributed by atoms with Crippen molar-refractivity contribution in [2.75, 3.05) is 0 Å². The monoisotopic (exact) mass is 167 g/mol. The fourth-order valence-electron chi connectivity index (χ4n) is 2.74. The molecule has 0 bridgehead atoms. The van der Waals surface area contributed by atoms with Crippen molar-refractivity contribution >= 4 is 5.91 Å². The zero-order chi connectivity index (χ0) is 8.60. The third-order valence-corrected chi connectivity index (χ3v) is 3.63. The van der Waals surface area contributed by atoms with Crippen LogP contribution in [0.1, 0.15) is 44.9 Å². The summed E-state index contributed by atoms with van der Waals surface area (Å²) in [6.07, 6.45) is 8.91. The molecule has 0 aromatic carbocycles. The molecule has 0 aromatic rings. The predicted molar refractivity (Wildman–Crippen MR) is 47.4 cm³/mol. The Labute approximate surface area is 73.5 Å². The largest absolute Gasteiger partial charge is 0.369 e. The highest BCUT2D eigenvalue weighted by atomic mass is 16.1. The lowest BCUT2D eigenvalue weighted by Gasteiger charge is -2.11. The van der Waals surface area contributed by atoms with Crippen LogP contribution in [0.3, 0.4) is 0 Å². The van der Waals surface area contributed by atoms with Gasteiger partial charge in [-0.1, -0.05) is 25.7 Å². The Hall–Kier alpha value is -0.530. The van der Waals surface area contributed by atoms with Gasteiger partial charge in [-0.3, -0.25) is 4.79 Å². The van der Waals surface area contributed by atoms with E-state index in [9.17, 15) is 4.79 Å². The number of carbonyl (C=O) groups excluding carboxylic acids is 1. The second-order valence-corrected chi connectivity index (χ2v) is 4.44. The zero-order valence-electron chi connectivity index (χ0n) is 7.51. The Morgan fingerprint density at radius 2 is 1.75 bits per heavy atom. The molecular formula is C10H17NO. The van der Waals surface area contributed by atoms with E-state index in [1.165, 1.54) is 38.5 Å². The number of rotatable bonds is 1. The van der Waals surface area contributed by atoms with Crippen LogP contribution in [0.25, 0.3) is 0 Å². The lowest BCUT2D eigenvalue weighted by molar-refractivity contribution is -0.120. The smallest absolute Gasteiger partial charge is 0.221 e. The van der Waals surface area contributed by atoms with E-state index in [1.807, 2.05) is 0 Å². The van der Waals surface area contributed by atoms with Gasteiger partial charge >= 0.3 is 0 Å². The minimum absolute atomic E-state index is 0.0584. The highest BCUT2D eigenvalue weighted by molar-refractivity contribution is 5.80. The molecule has 2 aliphatic carbocycles. The van der Waals surface area contributed by atoms with Crippen LogP contribution in [0.5, 0.6) is 0 Å². The maximum atomic E-state index is 11.0. The quantitative estimate of drug-likeness (QED) is 0.636. The van der Waals surface area contributed by atoms with Gasteiger partial charge in [-0.25, -0.2) is 0 Å². The number of primary amides is 1. The van der Waals surface area contributed by atoms with Gasteiger partial charge in [-0.15, -0.1) is 0 Å². The molecular weight excluding hydrogens is 150 g/mol. The van der Waals surface area contributed by atoms with Gasteiger partial charge in [0.2, 0.25) is 5.91 Å². The number of nitrogens with two attached hydrogens (primary N) is 1. The summed E-state index contributed by atoms with van der Waals surface area (Å²) in [6, 6.07) is 0. The first-order valence-corrected chi connectivity index (χ1v) is 5.04. The molecule has 2 heteroatoms. The van der Waals surface area contributed by atoms with Crippen LogP contribution >= 0.6 is 0 Å². The van der Waals surface area contributed by atoms with E-state index in [2.05, 4.69) is 0 Å². The SMILES string of the molecule is NC(=O)C1CC12CCCCCC2. The van der Waals surface area contributed by atoms with Crippen LogP contribution in [0.2, 0.25) is 0 Å². The third-order valence-electron chi connectivity index (χ3n) is 3.63. The molecule has 1 unspecified atom stereocenters. The molecule has 2 aliphatic rings. The zero-order valence-corrected chi connectivity index (χ0v) is 7.51. The Balaban J connectivity index is 1.98. The number of amides is 1. The van der Waals surface area contributed by atoms with Gasteiger partial charge in [0.05, 0.1) is 0 Å². The van der Waals surface area contributed by atoms with Crippen molar-refractivity contribution in [3.8, 4) is 0 Å². The lowest BCUT2D eigenvalue weighted by atomic mass is 9.94. The Bertz CT molecular complexity index is 192. The van der Waals surface area contributed by atoms with E-state index in [1.54, 1.807) is 0 Å². The molecule has 2 rings (SSSR count). The summed E-state index contributed by atoms with van der Waals surface area (Å²) in [5.41, 5.74) is 5.69. The average molecular weight is 167 g/mol. The molecule has 0 aromatic heterocycles. The highest BCUT2D eigenvalue weighted by Gasteiger charge is 2.56. The van der Waals surface area contributed by atoms with Crippen LogP contribution in [-0.2, 0) is 4.79 Å². The topological polar surface area (TPSA) is 43.1 Å². The summed E-state index contributed by atoms with van der Waals surface area (Å²) in [5.74, 6) is 0.174. The van der Waals surface area contributed by atoms with Crippen molar-refractivity contribution in [3.05, 3.63) is 0 Å². The molecule has 0 saturated heterocycles. The predicted octanol–water partition coefficient (Wildman–Crippen LogP) is 1.83. The minimum Gasteiger partial charge on any atom is -0.369 e. The van der Waals surface area contributed by atoms with Gasteiger partial charge in [0.15, 0.2) is 0 Å². The first kappa shape index (κ1) is 8.09. The van der Waals surface area contributed by atoms with E-state index in [-0.39, 0.29) is 11.8 Å². The molecule has 0 radical (unpaired) electrons. The molecule has 0 aliphatic heterocycles. The second kappa shape index (κ2) is 2.75. The van der Waals surface area contributed by atoms with Gasteiger partial charge in [0.25, 0.3) is 0 Å². The van der Waals surface area contributed by atoms with Crippen LogP contribution in [0.15, 0.2) is 0 Å². The molecule has 1 atom stereocenters. The fraction of sp³-hybridized carbons (Fsp3) is 0.900. The van der Waals surface area contributed by atoms with Crippen molar-refractivity contribution in [1.82, 2.24) is 0 Å². The van der Waals surface area contributed by atoms with E-state index in [0.717, 1.165) is 6.42 Å². The van der Waals surface area contributed by atoms with Gasteiger partial charge in [-0.2, -0.15) is 0 Å². The Kier molecular flexibility index (Phi) is 1.85. The van der Waals surface area contributed by atoms with E-state index < -0.39 is 0 Å². The first-order valence-electron chi connectivity index (χ1n) is 5.04. The molecule has 2 saturated carbocycles. The Morgan fingerprint density at radius 3 is 2.17 bits per heavy atom. The molecule has 2 fully saturated rings. The molecule has 2 N–H and O–H groups in total. The Morgan fingerprint density at radius 1 is 1.17 bits per heavy atom.